The van der Waals surface area contributed by atoms with Gasteiger partial charge in [-0.05, 0) is 32.0 Å². The Morgan fingerprint density at radius 1 is 1.15 bits per heavy atom. The summed E-state index contributed by atoms with van der Waals surface area (Å²) in [6.07, 6.45) is 0. The number of hydrogen-bond donors (Lipinski definition) is 1. The predicted molar refractivity (Wildman–Crippen MR) is 100 cm³/mol. The van der Waals surface area contributed by atoms with Crippen LogP contribution in [0.25, 0.3) is 11.0 Å². The van der Waals surface area contributed by atoms with Crippen molar-refractivity contribution in [3.05, 3.63) is 70.1 Å². The maximum absolute atomic E-state index is 12.4. The van der Waals surface area contributed by atoms with Gasteiger partial charge in [-0.3, -0.25) is 14.2 Å². The Bertz CT molecular complexity index is 995. The van der Waals surface area contributed by atoms with E-state index in [1.807, 2.05) is 49.4 Å². The summed E-state index contributed by atoms with van der Waals surface area (Å²) in [5.41, 5.74) is 2.35. The molecule has 3 rings (SSSR count). The van der Waals surface area contributed by atoms with E-state index in [4.69, 9.17) is 4.74 Å². The van der Waals surface area contributed by atoms with Crippen molar-refractivity contribution in [3.63, 3.8) is 0 Å². The third-order valence-corrected chi connectivity index (χ3v) is 4.07. The van der Waals surface area contributed by atoms with Gasteiger partial charge in [0.05, 0.1) is 17.6 Å². The van der Waals surface area contributed by atoms with Gasteiger partial charge < -0.3 is 10.1 Å². The van der Waals surface area contributed by atoms with Gasteiger partial charge in [0.15, 0.2) is 0 Å². The topological polar surface area (TPSA) is 73.2 Å². The molecule has 0 aliphatic heterocycles. The Morgan fingerprint density at radius 3 is 2.69 bits per heavy atom. The van der Waals surface area contributed by atoms with Crippen LogP contribution in [0.5, 0.6) is 5.75 Å². The lowest BCUT2D eigenvalue weighted by Crippen LogP contribution is -2.33. The van der Waals surface area contributed by atoms with E-state index in [0.717, 1.165) is 11.3 Å². The number of nitrogens with zero attached hydrogens (tertiary/aromatic N) is 2. The predicted octanol–water partition coefficient (Wildman–Crippen LogP) is 2.42. The summed E-state index contributed by atoms with van der Waals surface area (Å²) >= 11 is 0. The highest BCUT2D eigenvalue weighted by atomic mass is 16.5. The number of carbonyl (C=O) groups excluding carboxylic acids is 1. The molecule has 0 atom stereocenters. The van der Waals surface area contributed by atoms with Crippen LogP contribution in [0.15, 0.2) is 53.3 Å². The maximum atomic E-state index is 12.4. The van der Waals surface area contributed by atoms with E-state index < -0.39 is 0 Å². The van der Waals surface area contributed by atoms with Gasteiger partial charge in [0.2, 0.25) is 5.91 Å². The second-order valence-electron chi connectivity index (χ2n) is 5.89. The first-order chi connectivity index (χ1) is 12.6. The number of amides is 1. The first-order valence-electron chi connectivity index (χ1n) is 8.53. The molecule has 0 aliphatic carbocycles. The van der Waals surface area contributed by atoms with Crippen LogP contribution in [0, 0.1) is 6.92 Å². The number of ether oxygens (including phenoxy) is 1. The largest absolute Gasteiger partial charge is 0.494 e. The standard InChI is InChI=1S/C20H21N3O3/c1-3-26-18-11-7-4-8-15(18)12-21-19(24)13-23-17-10-6-5-9-16(17)22-14(2)20(23)25/h4-11H,3,12-13H2,1-2H3,(H,21,24). The van der Waals surface area contributed by atoms with Crippen LogP contribution in [0.3, 0.4) is 0 Å². The molecule has 0 radical (unpaired) electrons. The van der Waals surface area contributed by atoms with Gasteiger partial charge in [-0.2, -0.15) is 0 Å². The Hall–Kier alpha value is -3.15. The lowest BCUT2D eigenvalue weighted by molar-refractivity contribution is -0.121. The molecule has 0 bridgehead atoms. The fraction of sp³-hybridized carbons (Fsp3) is 0.250. The molecule has 1 heterocycles. The highest BCUT2D eigenvalue weighted by Gasteiger charge is 2.12. The van der Waals surface area contributed by atoms with Gasteiger partial charge in [0, 0.05) is 12.1 Å². The fourth-order valence-corrected chi connectivity index (χ4v) is 2.82. The minimum atomic E-state index is -0.256. The third-order valence-electron chi connectivity index (χ3n) is 4.07. The summed E-state index contributed by atoms with van der Waals surface area (Å²) in [6, 6.07) is 14.9. The first-order valence-corrected chi connectivity index (χ1v) is 8.53. The third kappa shape index (κ3) is 3.74. The van der Waals surface area contributed by atoms with Crippen molar-refractivity contribution >= 4 is 16.9 Å². The number of aromatic nitrogens is 2. The molecular weight excluding hydrogens is 330 g/mol. The van der Waals surface area contributed by atoms with E-state index in [-0.39, 0.29) is 18.0 Å². The summed E-state index contributed by atoms with van der Waals surface area (Å²) < 4.78 is 7.03. The zero-order valence-electron chi connectivity index (χ0n) is 14.9. The Balaban J connectivity index is 1.78. The zero-order chi connectivity index (χ0) is 18.5. The van der Waals surface area contributed by atoms with Crippen LogP contribution in [0.2, 0.25) is 0 Å². The van der Waals surface area contributed by atoms with Crippen LogP contribution < -0.4 is 15.6 Å². The number of hydrogen-bond acceptors (Lipinski definition) is 4. The van der Waals surface area contributed by atoms with E-state index in [1.165, 1.54) is 4.57 Å². The molecule has 0 unspecified atom stereocenters. The Kier molecular flexibility index (Phi) is 5.31. The molecule has 6 nitrogen and oxygen atoms in total. The average Bonchev–Trinajstić information content (AvgIpc) is 2.65. The van der Waals surface area contributed by atoms with Crippen LogP contribution in [0.1, 0.15) is 18.2 Å². The quantitative estimate of drug-likeness (QED) is 0.740. The van der Waals surface area contributed by atoms with Crippen molar-refractivity contribution in [1.82, 2.24) is 14.9 Å². The molecule has 0 spiro atoms. The number of fused-ring (bicyclic) bond motifs is 1. The maximum Gasteiger partial charge on any atom is 0.272 e. The summed E-state index contributed by atoms with van der Waals surface area (Å²) in [5, 5.41) is 2.86. The summed E-state index contributed by atoms with van der Waals surface area (Å²) in [7, 11) is 0. The molecule has 3 aromatic rings. The van der Waals surface area contributed by atoms with Crippen molar-refractivity contribution in [3.8, 4) is 5.75 Å². The van der Waals surface area contributed by atoms with Gasteiger partial charge in [-0.15, -0.1) is 0 Å². The van der Waals surface area contributed by atoms with Crippen LogP contribution >= 0.6 is 0 Å². The normalized spacial score (nSPS) is 10.7. The molecule has 0 saturated heterocycles. The molecule has 1 amide bonds. The van der Waals surface area contributed by atoms with Crippen LogP contribution in [-0.4, -0.2) is 22.1 Å². The number of rotatable bonds is 6. The highest BCUT2D eigenvalue weighted by molar-refractivity contribution is 5.80. The highest BCUT2D eigenvalue weighted by Crippen LogP contribution is 2.17. The monoisotopic (exact) mass is 351 g/mol. The molecule has 0 saturated carbocycles. The molecule has 1 N–H and O–H groups in total. The average molecular weight is 351 g/mol. The van der Waals surface area contributed by atoms with Gasteiger partial charge in [0.1, 0.15) is 18.0 Å². The van der Waals surface area contributed by atoms with E-state index in [0.29, 0.717) is 29.9 Å². The molecule has 0 aliphatic rings. The van der Waals surface area contributed by atoms with E-state index in [9.17, 15) is 9.59 Å². The Morgan fingerprint density at radius 2 is 1.88 bits per heavy atom. The summed E-state index contributed by atoms with van der Waals surface area (Å²) in [4.78, 5) is 29.1. The second-order valence-corrected chi connectivity index (χ2v) is 5.89. The minimum absolute atomic E-state index is 0.0560. The SMILES string of the molecule is CCOc1ccccc1CNC(=O)Cn1c(=O)c(C)nc2ccccc21. The summed E-state index contributed by atoms with van der Waals surface area (Å²) in [5.74, 6) is 0.506. The van der Waals surface area contributed by atoms with Crippen LogP contribution in [-0.2, 0) is 17.9 Å². The lowest BCUT2D eigenvalue weighted by Gasteiger charge is -2.13. The van der Waals surface area contributed by atoms with E-state index >= 15 is 0 Å². The van der Waals surface area contributed by atoms with Gasteiger partial charge >= 0.3 is 0 Å². The molecule has 134 valence electrons. The smallest absolute Gasteiger partial charge is 0.272 e. The summed E-state index contributed by atoms with van der Waals surface area (Å²) in [6.45, 7) is 4.41. The number of carbonyl (C=O) groups is 1. The Labute approximate surface area is 151 Å². The zero-order valence-corrected chi connectivity index (χ0v) is 14.9. The number of benzene rings is 2. The fourth-order valence-electron chi connectivity index (χ4n) is 2.82. The van der Waals surface area contributed by atoms with Crippen molar-refractivity contribution in [1.29, 1.82) is 0 Å². The first kappa shape index (κ1) is 17.7. The van der Waals surface area contributed by atoms with Crippen molar-refractivity contribution in [2.45, 2.75) is 26.9 Å². The minimum Gasteiger partial charge on any atom is -0.494 e. The van der Waals surface area contributed by atoms with Crippen molar-refractivity contribution in [2.24, 2.45) is 0 Å². The molecule has 0 fully saturated rings. The van der Waals surface area contributed by atoms with Crippen molar-refractivity contribution < 1.29 is 9.53 Å². The number of para-hydroxylation sites is 3. The number of nitrogens with one attached hydrogen (secondary N) is 1. The molecular formula is C20H21N3O3. The lowest BCUT2D eigenvalue weighted by atomic mass is 10.2. The number of aryl methyl sites for hydroxylation is 1. The molecule has 26 heavy (non-hydrogen) atoms. The molecule has 1 aromatic heterocycles. The molecule has 6 heteroatoms. The van der Waals surface area contributed by atoms with Gasteiger partial charge in [-0.1, -0.05) is 30.3 Å². The second kappa shape index (κ2) is 7.82. The molecule has 2 aromatic carbocycles. The van der Waals surface area contributed by atoms with Crippen LogP contribution in [0.4, 0.5) is 0 Å². The van der Waals surface area contributed by atoms with Crippen molar-refractivity contribution in [2.75, 3.05) is 6.61 Å². The van der Waals surface area contributed by atoms with Gasteiger partial charge in [0.25, 0.3) is 5.56 Å². The van der Waals surface area contributed by atoms with Gasteiger partial charge in [-0.25, -0.2) is 4.98 Å². The van der Waals surface area contributed by atoms with E-state index in [1.54, 1.807) is 13.0 Å². The van der Waals surface area contributed by atoms with E-state index in [2.05, 4.69) is 10.3 Å².